The normalized spacial score (nSPS) is 8.43. The van der Waals surface area contributed by atoms with Crippen molar-refractivity contribution >= 4 is 5.97 Å². The van der Waals surface area contributed by atoms with Crippen LogP contribution in [-0.4, -0.2) is 30.4 Å². The van der Waals surface area contributed by atoms with Gasteiger partial charge in [0.25, 0.3) is 0 Å². The fraction of sp³-hybridized carbons (Fsp3) is 0.222. The second-order valence-electron chi connectivity index (χ2n) is 2.20. The minimum absolute atomic E-state index is 0.385. The van der Waals surface area contributed by atoms with E-state index in [1.54, 1.807) is 12.1 Å². The molecule has 1 heterocycles. The van der Waals surface area contributed by atoms with E-state index in [9.17, 15) is 4.79 Å². The fourth-order valence-corrected chi connectivity index (χ4v) is 0.662. The van der Waals surface area contributed by atoms with Crippen molar-refractivity contribution in [3.8, 4) is 17.7 Å². The van der Waals surface area contributed by atoms with E-state index < -0.39 is 5.97 Å². The summed E-state index contributed by atoms with van der Waals surface area (Å²) < 4.78 is 9.13. The molecule has 1 aromatic heterocycles. The molecule has 72 valence electrons. The van der Waals surface area contributed by atoms with Gasteiger partial charge in [-0.3, -0.25) is 0 Å². The van der Waals surface area contributed by atoms with E-state index in [2.05, 4.69) is 26.8 Å². The zero-order valence-corrected chi connectivity index (χ0v) is 7.77. The summed E-state index contributed by atoms with van der Waals surface area (Å²) in [5.74, 6) is 4.51. The molecule has 14 heavy (non-hydrogen) atoms. The van der Waals surface area contributed by atoms with Crippen LogP contribution in [-0.2, 0) is 9.53 Å². The lowest BCUT2D eigenvalue weighted by molar-refractivity contribution is -0.133. The standard InChI is InChI=1S/C9H8N2O3/c1-13-8-5-3-7(10-11-8)4-6-9(12)14-2/h3,5H,1-2H3. The molecule has 0 saturated carbocycles. The quantitative estimate of drug-likeness (QED) is 0.463. The molecule has 0 fully saturated rings. The molecule has 0 saturated heterocycles. The molecule has 0 amide bonds. The van der Waals surface area contributed by atoms with Gasteiger partial charge in [0.05, 0.1) is 14.2 Å². The van der Waals surface area contributed by atoms with Crippen LogP contribution in [0.2, 0.25) is 0 Å². The van der Waals surface area contributed by atoms with Gasteiger partial charge in [-0.2, -0.15) is 0 Å². The molecule has 5 heteroatoms. The lowest BCUT2D eigenvalue weighted by Crippen LogP contribution is -1.96. The Morgan fingerprint density at radius 2 is 2.14 bits per heavy atom. The van der Waals surface area contributed by atoms with Crippen LogP contribution in [0.3, 0.4) is 0 Å². The summed E-state index contributed by atoms with van der Waals surface area (Å²) in [6, 6.07) is 3.20. The van der Waals surface area contributed by atoms with Crippen LogP contribution in [0.5, 0.6) is 5.88 Å². The number of methoxy groups -OCH3 is 2. The first-order valence-electron chi connectivity index (χ1n) is 3.74. The number of carbonyl (C=O) groups excluding carboxylic acids is 1. The van der Waals surface area contributed by atoms with Gasteiger partial charge in [0.15, 0.2) is 0 Å². The monoisotopic (exact) mass is 192 g/mol. The smallest absolute Gasteiger partial charge is 0.384 e. The van der Waals surface area contributed by atoms with E-state index >= 15 is 0 Å². The van der Waals surface area contributed by atoms with E-state index in [0.717, 1.165) is 0 Å². The highest BCUT2D eigenvalue weighted by atomic mass is 16.5. The number of esters is 1. The minimum atomic E-state index is -0.609. The van der Waals surface area contributed by atoms with Crippen molar-refractivity contribution in [2.75, 3.05) is 14.2 Å². The number of aromatic nitrogens is 2. The minimum Gasteiger partial charge on any atom is -0.480 e. The first-order valence-corrected chi connectivity index (χ1v) is 3.74. The molecule has 0 aliphatic heterocycles. The Balaban J connectivity index is 2.76. The zero-order chi connectivity index (χ0) is 10.4. The number of hydrogen-bond donors (Lipinski definition) is 0. The van der Waals surface area contributed by atoms with Crippen molar-refractivity contribution in [3.05, 3.63) is 17.8 Å². The highest BCUT2D eigenvalue weighted by Crippen LogP contribution is 2.01. The van der Waals surface area contributed by atoms with Crippen LogP contribution in [0.25, 0.3) is 0 Å². The van der Waals surface area contributed by atoms with E-state index in [1.807, 2.05) is 0 Å². The molecule has 0 bridgehead atoms. The Morgan fingerprint density at radius 3 is 2.64 bits per heavy atom. The van der Waals surface area contributed by atoms with Gasteiger partial charge < -0.3 is 9.47 Å². The van der Waals surface area contributed by atoms with Gasteiger partial charge in [0.1, 0.15) is 5.69 Å². The number of hydrogen-bond acceptors (Lipinski definition) is 5. The number of nitrogens with zero attached hydrogens (tertiary/aromatic N) is 2. The third-order valence-electron chi connectivity index (χ3n) is 1.33. The van der Waals surface area contributed by atoms with Gasteiger partial charge >= 0.3 is 5.97 Å². The Hall–Kier alpha value is -2.09. The summed E-state index contributed by atoms with van der Waals surface area (Å²) in [6.07, 6.45) is 0. The first kappa shape index (κ1) is 9.99. The molecule has 0 spiro atoms. The maximum absolute atomic E-state index is 10.6. The van der Waals surface area contributed by atoms with Crippen LogP contribution in [0.4, 0.5) is 0 Å². The van der Waals surface area contributed by atoms with Gasteiger partial charge in [-0.1, -0.05) is 0 Å². The van der Waals surface area contributed by atoms with E-state index in [-0.39, 0.29) is 0 Å². The van der Waals surface area contributed by atoms with Crippen molar-refractivity contribution in [1.29, 1.82) is 0 Å². The van der Waals surface area contributed by atoms with Gasteiger partial charge in [-0.05, 0) is 12.0 Å². The van der Waals surface area contributed by atoms with Crippen molar-refractivity contribution in [3.63, 3.8) is 0 Å². The summed E-state index contributed by atoms with van der Waals surface area (Å²) in [5, 5.41) is 7.37. The number of rotatable bonds is 1. The maximum atomic E-state index is 10.6. The van der Waals surface area contributed by atoms with Crippen LogP contribution >= 0.6 is 0 Å². The lowest BCUT2D eigenvalue weighted by atomic mass is 10.4. The average Bonchev–Trinajstić information content (AvgIpc) is 2.26. The number of ether oxygens (including phenoxy) is 2. The molecule has 0 atom stereocenters. The summed E-state index contributed by atoms with van der Waals surface area (Å²) >= 11 is 0. The van der Waals surface area contributed by atoms with Gasteiger partial charge in [0, 0.05) is 12.0 Å². The van der Waals surface area contributed by atoms with Crippen LogP contribution < -0.4 is 4.74 Å². The molecule has 0 unspecified atom stereocenters. The third-order valence-corrected chi connectivity index (χ3v) is 1.33. The predicted octanol–water partition coefficient (Wildman–Crippen LogP) is 0.00970. The zero-order valence-electron chi connectivity index (χ0n) is 7.77. The van der Waals surface area contributed by atoms with Gasteiger partial charge in [-0.25, -0.2) is 4.79 Å². The summed E-state index contributed by atoms with van der Waals surface area (Å²) in [7, 11) is 2.75. The first-order chi connectivity index (χ1) is 6.76. The molecule has 0 radical (unpaired) electrons. The van der Waals surface area contributed by atoms with Crippen LogP contribution in [0, 0.1) is 11.8 Å². The van der Waals surface area contributed by atoms with Gasteiger partial charge in [0.2, 0.25) is 5.88 Å². The molecular formula is C9H8N2O3. The highest BCUT2D eigenvalue weighted by molar-refractivity contribution is 5.88. The lowest BCUT2D eigenvalue weighted by Gasteiger charge is -1.94. The summed E-state index contributed by atoms with van der Waals surface area (Å²) in [4.78, 5) is 10.6. The van der Waals surface area contributed by atoms with Crippen molar-refractivity contribution in [1.82, 2.24) is 10.2 Å². The van der Waals surface area contributed by atoms with E-state index in [4.69, 9.17) is 4.74 Å². The molecule has 0 N–H and O–H groups in total. The second kappa shape index (κ2) is 4.82. The maximum Gasteiger partial charge on any atom is 0.384 e. The molecular weight excluding hydrogens is 184 g/mol. The summed E-state index contributed by atoms with van der Waals surface area (Å²) in [5.41, 5.74) is 0.385. The Morgan fingerprint density at radius 1 is 1.36 bits per heavy atom. The third kappa shape index (κ3) is 2.75. The molecule has 1 aromatic rings. The van der Waals surface area contributed by atoms with E-state index in [1.165, 1.54) is 14.2 Å². The van der Waals surface area contributed by atoms with Crippen molar-refractivity contribution < 1.29 is 14.3 Å². The fourth-order valence-electron chi connectivity index (χ4n) is 0.662. The van der Waals surface area contributed by atoms with Crippen molar-refractivity contribution in [2.24, 2.45) is 0 Å². The average molecular weight is 192 g/mol. The van der Waals surface area contributed by atoms with Crippen LogP contribution in [0.1, 0.15) is 5.69 Å². The van der Waals surface area contributed by atoms with E-state index in [0.29, 0.717) is 11.6 Å². The Labute approximate surface area is 81.1 Å². The van der Waals surface area contributed by atoms with Crippen molar-refractivity contribution in [2.45, 2.75) is 0 Å². The molecule has 0 aliphatic carbocycles. The Bertz CT molecular complexity index is 375. The molecule has 5 nitrogen and oxygen atoms in total. The SMILES string of the molecule is COC(=O)C#Cc1ccc(OC)nn1. The molecule has 1 rings (SSSR count). The highest BCUT2D eigenvalue weighted by Gasteiger charge is 1.94. The topological polar surface area (TPSA) is 61.3 Å². The molecule has 0 aliphatic rings. The second-order valence-corrected chi connectivity index (χ2v) is 2.20. The predicted molar refractivity (Wildman–Crippen MR) is 47.5 cm³/mol. The Kier molecular flexibility index (Phi) is 3.44. The van der Waals surface area contributed by atoms with Crippen LogP contribution in [0.15, 0.2) is 12.1 Å². The molecule has 0 aromatic carbocycles. The largest absolute Gasteiger partial charge is 0.480 e. The summed E-state index contributed by atoms with van der Waals surface area (Å²) in [6.45, 7) is 0. The van der Waals surface area contributed by atoms with Gasteiger partial charge in [-0.15, -0.1) is 10.2 Å². The number of carbonyl (C=O) groups is 1.